The number of hydrogen-bond acceptors (Lipinski definition) is 4. The van der Waals surface area contributed by atoms with Gasteiger partial charge in [0.1, 0.15) is 0 Å². The highest BCUT2D eigenvalue weighted by Crippen LogP contribution is 2.24. The Kier molecular flexibility index (Phi) is 4.75. The van der Waals surface area contributed by atoms with Gasteiger partial charge in [-0.2, -0.15) is 0 Å². The molecule has 1 aliphatic heterocycles. The van der Waals surface area contributed by atoms with Crippen LogP contribution >= 0.6 is 11.3 Å². The smallest absolute Gasteiger partial charge is 0.0794 e. The average Bonchev–Trinajstić information content (AvgIpc) is 2.96. The summed E-state index contributed by atoms with van der Waals surface area (Å²) in [6.07, 6.45) is 8.61. The molecule has 0 aromatic carbocycles. The van der Waals surface area contributed by atoms with E-state index in [1.54, 1.807) is 11.3 Å². The highest BCUT2D eigenvalue weighted by Gasteiger charge is 2.16. The van der Waals surface area contributed by atoms with E-state index < -0.39 is 0 Å². The van der Waals surface area contributed by atoms with Gasteiger partial charge in [0, 0.05) is 23.7 Å². The average molecular weight is 240 g/mol. The molecule has 1 N–H and O–H groups in total. The van der Waals surface area contributed by atoms with Crippen molar-refractivity contribution in [3.63, 3.8) is 0 Å². The quantitative estimate of drug-likeness (QED) is 0.830. The van der Waals surface area contributed by atoms with Crippen LogP contribution in [0.1, 0.15) is 43.0 Å². The molecule has 16 heavy (non-hydrogen) atoms. The van der Waals surface area contributed by atoms with Gasteiger partial charge in [-0.25, -0.2) is 0 Å². The molecule has 0 radical (unpaired) electrons. The van der Waals surface area contributed by atoms with E-state index in [0.29, 0.717) is 12.1 Å². The minimum Gasteiger partial charge on any atom is -0.378 e. The Labute approximate surface area is 101 Å². The maximum absolute atomic E-state index is 5.63. The number of ether oxygens (including phenoxy) is 1. The molecule has 4 heteroatoms. The zero-order valence-electron chi connectivity index (χ0n) is 9.82. The molecule has 0 spiro atoms. The van der Waals surface area contributed by atoms with Crippen LogP contribution < -0.4 is 5.32 Å². The molecule has 0 bridgehead atoms. The van der Waals surface area contributed by atoms with Crippen LogP contribution in [0.2, 0.25) is 0 Å². The van der Waals surface area contributed by atoms with Gasteiger partial charge in [0.2, 0.25) is 0 Å². The highest BCUT2D eigenvalue weighted by atomic mass is 32.1. The Hall–Kier alpha value is -0.450. The Morgan fingerprint density at radius 2 is 2.62 bits per heavy atom. The maximum atomic E-state index is 5.63. The fourth-order valence-electron chi connectivity index (χ4n) is 2.25. The molecular weight excluding hydrogens is 220 g/mol. The first-order valence-electron chi connectivity index (χ1n) is 6.07. The standard InChI is InChI=1S/C12H20N2OS/c1-13-11(12-8-14-9-16-12)6-2-4-10-5-3-7-15-10/h8-11,13H,2-7H2,1H3. The van der Waals surface area contributed by atoms with Crippen LogP contribution in [0.5, 0.6) is 0 Å². The summed E-state index contributed by atoms with van der Waals surface area (Å²) in [5.41, 5.74) is 1.90. The number of rotatable bonds is 6. The summed E-state index contributed by atoms with van der Waals surface area (Å²) in [7, 11) is 2.02. The van der Waals surface area contributed by atoms with Gasteiger partial charge in [0.15, 0.2) is 0 Å². The zero-order valence-corrected chi connectivity index (χ0v) is 10.6. The van der Waals surface area contributed by atoms with Gasteiger partial charge in [0.05, 0.1) is 11.6 Å². The molecule has 1 fully saturated rings. The molecule has 1 aromatic rings. The highest BCUT2D eigenvalue weighted by molar-refractivity contribution is 7.09. The Balaban J connectivity index is 1.71. The van der Waals surface area contributed by atoms with Crippen LogP contribution in [-0.2, 0) is 4.74 Å². The molecule has 2 atom stereocenters. The molecule has 0 saturated carbocycles. The summed E-state index contributed by atoms with van der Waals surface area (Å²) in [4.78, 5) is 5.47. The predicted octanol–water partition coefficient (Wildman–Crippen LogP) is 2.75. The van der Waals surface area contributed by atoms with Crippen LogP contribution in [0.15, 0.2) is 11.7 Å². The van der Waals surface area contributed by atoms with E-state index in [1.807, 2.05) is 18.8 Å². The van der Waals surface area contributed by atoms with Gasteiger partial charge >= 0.3 is 0 Å². The van der Waals surface area contributed by atoms with Crippen molar-refractivity contribution in [2.24, 2.45) is 0 Å². The minimum atomic E-state index is 0.467. The van der Waals surface area contributed by atoms with Crippen molar-refractivity contribution < 1.29 is 4.74 Å². The first kappa shape index (κ1) is 12.0. The lowest BCUT2D eigenvalue weighted by atomic mass is 10.0. The van der Waals surface area contributed by atoms with Crippen molar-refractivity contribution in [2.45, 2.75) is 44.2 Å². The topological polar surface area (TPSA) is 34.1 Å². The lowest BCUT2D eigenvalue weighted by molar-refractivity contribution is 0.101. The van der Waals surface area contributed by atoms with Crippen LogP contribution in [0.3, 0.4) is 0 Å². The third kappa shape index (κ3) is 3.27. The van der Waals surface area contributed by atoms with Crippen molar-refractivity contribution in [1.82, 2.24) is 10.3 Å². The van der Waals surface area contributed by atoms with Gasteiger partial charge in [-0.3, -0.25) is 4.98 Å². The number of nitrogens with one attached hydrogen (secondary N) is 1. The molecule has 0 amide bonds. The van der Waals surface area contributed by atoms with E-state index in [1.165, 1.54) is 37.0 Å². The van der Waals surface area contributed by atoms with E-state index in [4.69, 9.17) is 4.74 Å². The summed E-state index contributed by atoms with van der Waals surface area (Å²) in [5.74, 6) is 0. The van der Waals surface area contributed by atoms with E-state index in [2.05, 4.69) is 10.3 Å². The fourth-order valence-corrected chi connectivity index (χ4v) is 3.01. The molecular formula is C12H20N2OS. The second-order valence-electron chi connectivity index (χ2n) is 4.31. The molecule has 2 rings (SSSR count). The molecule has 1 aromatic heterocycles. The van der Waals surface area contributed by atoms with Crippen LogP contribution in [0.4, 0.5) is 0 Å². The third-order valence-corrected chi connectivity index (χ3v) is 4.08. The number of aromatic nitrogens is 1. The van der Waals surface area contributed by atoms with E-state index >= 15 is 0 Å². The summed E-state index contributed by atoms with van der Waals surface area (Å²) in [6, 6.07) is 0.467. The van der Waals surface area contributed by atoms with E-state index in [9.17, 15) is 0 Å². The van der Waals surface area contributed by atoms with Crippen molar-refractivity contribution in [1.29, 1.82) is 0 Å². The van der Waals surface area contributed by atoms with Gasteiger partial charge < -0.3 is 10.1 Å². The molecule has 1 aliphatic rings. The van der Waals surface area contributed by atoms with Gasteiger partial charge in [0.25, 0.3) is 0 Å². The van der Waals surface area contributed by atoms with Gasteiger partial charge in [-0.15, -0.1) is 11.3 Å². The molecule has 1 saturated heterocycles. The molecule has 0 aliphatic carbocycles. The van der Waals surface area contributed by atoms with Crippen molar-refractivity contribution >= 4 is 11.3 Å². The summed E-state index contributed by atoms with van der Waals surface area (Å²) < 4.78 is 5.63. The predicted molar refractivity (Wildman–Crippen MR) is 66.7 cm³/mol. The summed E-state index contributed by atoms with van der Waals surface area (Å²) in [5, 5.41) is 3.36. The SMILES string of the molecule is CNC(CCCC1CCCO1)c1cncs1. The molecule has 90 valence electrons. The summed E-state index contributed by atoms with van der Waals surface area (Å²) in [6.45, 7) is 0.967. The Bertz CT molecular complexity index is 283. The van der Waals surface area contributed by atoms with Crippen molar-refractivity contribution in [3.8, 4) is 0 Å². The molecule has 3 nitrogen and oxygen atoms in total. The minimum absolute atomic E-state index is 0.467. The van der Waals surface area contributed by atoms with E-state index in [-0.39, 0.29) is 0 Å². The second-order valence-corrected chi connectivity index (χ2v) is 5.23. The van der Waals surface area contributed by atoms with Crippen molar-refractivity contribution in [2.75, 3.05) is 13.7 Å². The van der Waals surface area contributed by atoms with Crippen molar-refractivity contribution in [3.05, 3.63) is 16.6 Å². The normalized spacial score (nSPS) is 22.4. The number of thiazole rings is 1. The van der Waals surface area contributed by atoms with Crippen LogP contribution in [0.25, 0.3) is 0 Å². The second kappa shape index (κ2) is 6.33. The lowest BCUT2D eigenvalue weighted by Gasteiger charge is -2.15. The third-order valence-electron chi connectivity index (χ3n) is 3.19. The van der Waals surface area contributed by atoms with Gasteiger partial charge in [-0.05, 0) is 39.2 Å². The lowest BCUT2D eigenvalue weighted by Crippen LogP contribution is -2.16. The largest absolute Gasteiger partial charge is 0.378 e. The monoisotopic (exact) mass is 240 g/mol. The van der Waals surface area contributed by atoms with Crippen LogP contribution in [-0.4, -0.2) is 24.7 Å². The molecule has 2 heterocycles. The first-order chi connectivity index (χ1) is 7.90. The molecule has 2 unspecified atom stereocenters. The van der Waals surface area contributed by atoms with Gasteiger partial charge in [-0.1, -0.05) is 0 Å². The summed E-state index contributed by atoms with van der Waals surface area (Å²) >= 11 is 1.73. The zero-order chi connectivity index (χ0) is 11.2. The number of hydrogen-bond donors (Lipinski definition) is 1. The van der Waals surface area contributed by atoms with E-state index in [0.717, 1.165) is 6.61 Å². The Morgan fingerprint density at radius 1 is 1.69 bits per heavy atom. The first-order valence-corrected chi connectivity index (χ1v) is 6.95. The van der Waals surface area contributed by atoms with Crippen LogP contribution in [0, 0.1) is 0 Å². The Morgan fingerprint density at radius 3 is 3.25 bits per heavy atom. The maximum Gasteiger partial charge on any atom is 0.0794 e. The number of nitrogens with zero attached hydrogens (tertiary/aromatic N) is 1. The fraction of sp³-hybridized carbons (Fsp3) is 0.750.